The first-order valence-corrected chi connectivity index (χ1v) is 9.84. The smallest absolute Gasteiger partial charge is 0.150 e. The van der Waals surface area contributed by atoms with Crippen LogP contribution in [0.3, 0.4) is 0 Å². The van der Waals surface area contributed by atoms with Gasteiger partial charge < -0.3 is 5.11 Å². The second kappa shape index (κ2) is 7.51. The molecular weight excluding hydrogens is 463 g/mol. The normalized spacial score (nSPS) is 14.8. The SMILES string of the molecule is Cc1nn([C@H](C)[C@](O)(Cn2cncn2)c2ccc(F)cc2F)c2c(F)cc(Br)cc12. The van der Waals surface area contributed by atoms with Crippen molar-refractivity contribution in [2.24, 2.45) is 0 Å². The molecule has 0 unspecified atom stereocenters. The number of halogens is 4. The lowest BCUT2D eigenvalue weighted by Crippen LogP contribution is -2.41. The second-order valence-corrected chi connectivity index (χ2v) is 8.05. The van der Waals surface area contributed by atoms with Gasteiger partial charge in [0.2, 0.25) is 0 Å². The largest absolute Gasteiger partial charge is 0.381 e. The van der Waals surface area contributed by atoms with E-state index in [1.165, 1.54) is 34.2 Å². The fraction of sp³-hybridized carbons (Fsp3) is 0.250. The number of nitrogens with zero attached hydrogens (tertiary/aromatic N) is 5. The molecule has 156 valence electrons. The lowest BCUT2D eigenvalue weighted by molar-refractivity contribution is -0.0356. The molecule has 2 atom stereocenters. The van der Waals surface area contributed by atoms with E-state index in [1.54, 1.807) is 19.9 Å². The summed E-state index contributed by atoms with van der Waals surface area (Å²) in [5, 5.41) is 20.7. The van der Waals surface area contributed by atoms with Crippen molar-refractivity contribution >= 4 is 26.8 Å². The Balaban J connectivity index is 1.93. The maximum atomic E-state index is 14.9. The zero-order valence-corrected chi connectivity index (χ0v) is 17.6. The minimum absolute atomic E-state index is 0.161. The molecule has 0 bridgehead atoms. The summed E-state index contributed by atoms with van der Waals surface area (Å²) >= 11 is 3.27. The maximum Gasteiger partial charge on any atom is 0.150 e. The molecule has 0 aliphatic carbocycles. The molecule has 0 spiro atoms. The van der Waals surface area contributed by atoms with E-state index < -0.39 is 29.1 Å². The van der Waals surface area contributed by atoms with Gasteiger partial charge in [-0.15, -0.1) is 0 Å². The van der Waals surface area contributed by atoms with Crippen molar-refractivity contribution in [2.45, 2.75) is 32.0 Å². The first-order valence-electron chi connectivity index (χ1n) is 9.05. The van der Waals surface area contributed by atoms with E-state index in [-0.39, 0.29) is 17.6 Å². The quantitative estimate of drug-likeness (QED) is 0.464. The monoisotopic (exact) mass is 479 g/mol. The van der Waals surface area contributed by atoms with E-state index >= 15 is 0 Å². The Morgan fingerprint density at radius 1 is 1.17 bits per heavy atom. The molecule has 2 aromatic carbocycles. The molecule has 10 heteroatoms. The lowest BCUT2D eigenvalue weighted by atomic mass is 9.86. The van der Waals surface area contributed by atoms with Crippen LogP contribution in [0.25, 0.3) is 10.9 Å². The molecule has 1 N–H and O–H groups in total. The Labute approximate surface area is 178 Å². The van der Waals surface area contributed by atoms with E-state index in [0.717, 1.165) is 6.07 Å². The number of hydrogen-bond acceptors (Lipinski definition) is 4. The molecule has 6 nitrogen and oxygen atoms in total. The fourth-order valence-electron chi connectivity index (χ4n) is 3.67. The Hall–Kier alpha value is -2.72. The van der Waals surface area contributed by atoms with Gasteiger partial charge in [-0.05, 0) is 32.0 Å². The first kappa shape index (κ1) is 20.5. The summed E-state index contributed by atoms with van der Waals surface area (Å²) in [6.07, 6.45) is 2.64. The van der Waals surface area contributed by atoms with Crippen LogP contribution in [0.2, 0.25) is 0 Å². The number of hydrogen-bond donors (Lipinski definition) is 1. The predicted molar refractivity (Wildman–Crippen MR) is 107 cm³/mol. The van der Waals surface area contributed by atoms with Crippen molar-refractivity contribution in [3.63, 3.8) is 0 Å². The average molecular weight is 480 g/mol. The number of aromatic nitrogens is 5. The van der Waals surface area contributed by atoms with Gasteiger partial charge in [0.15, 0.2) is 0 Å². The molecule has 4 rings (SSSR count). The van der Waals surface area contributed by atoms with Crippen LogP contribution in [-0.2, 0) is 12.1 Å². The van der Waals surface area contributed by atoms with E-state index in [9.17, 15) is 18.3 Å². The summed E-state index contributed by atoms with van der Waals surface area (Å²) < 4.78 is 46.3. The van der Waals surface area contributed by atoms with Crippen molar-refractivity contribution in [2.75, 3.05) is 0 Å². The summed E-state index contributed by atoms with van der Waals surface area (Å²) in [5.74, 6) is -2.25. The number of benzene rings is 2. The molecule has 2 heterocycles. The lowest BCUT2D eigenvalue weighted by Gasteiger charge is -2.35. The van der Waals surface area contributed by atoms with Crippen molar-refractivity contribution in [3.8, 4) is 0 Å². The Bertz CT molecular complexity index is 1230. The molecule has 0 aliphatic heterocycles. The Morgan fingerprint density at radius 2 is 1.93 bits per heavy atom. The van der Waals surface area contributed by atoms with Crippen molar-refractivity contribution < 1.29 is 18.3 Å². The summed E-state index contributed by atoms with van der Waals surface area (Å²) in [6.45, 7) is 3.09. The van der Waals surface area contributed by atoms with Crippen LogP contribution < -0.4 is 0 Å². The van der Waals surface area contributed by atoms with Crippen LogP contribution in [-0.4, -0.2) is 29.7 Å². The third-order valence-electron chi connectivity index (χ3n) is 5.23. The third-order valence-corrected chi connectivity index (χ3v) is 5.69. The summed E-state index contributed by atoms with van der Waals surface area (Å²) in [7, 11) is 0. The van der Waals surface area contributed by atoms with Crippen molar-refractivity contribution in [1.82, 2.24) is 24.5 Å². The highest BCUT2D eigenvalue weighted by atomic mass is 79.9. The first-order chi connectivity index (χ1) is 14.2. The van der Waals surface area contributed by atoms with Gasteiger partial charge in [-0.3, -0.25) is 4.68 Å². The van der Waals surface area contributed by atoms with E-state index in [2.05, 4.69) is 31.1 Å². The van der Waals surface area contributed by atoms with Gasteiger partial charge in [0.1, 0.15) is 41.2 Å². The van der Waals surface area contributed by atoms with Gasteiger partial charge in [-0.25, -0.2) is 22.8 Å². The Morgan fingerprint density at radius 3 is 2.60 bits per heavy atom. The highest BCUT2D eigenvalue weighted by Gasteiger charge is 2.41. The van der Waals surface area contributed by atoms with Crippen LogP contribution >= 0.6 is 15.9 Å². The van der Waals surface area contributed by atoms with E-state index in [1.807, 2.05) is 0 Å². The molecule has 0 saturated carbocycles. The number of aliphatic hydroxyl groups is 1. The van der Waals surface area contributed by atoms with E-state index in [4.69, 9.17) is 0 Å². The van der Waals surface area contributed by atoms with Crippen LogP contribution in [0.4, 0.5) is 13.2 Å². The Kier molecular flexibility index (Phi) is 5.15. The molecular formula is C20H17BrF3N5O. The van der Waals surface area contributed by atoms with Crippen LogP contribution in [0.15, 0.2) is 47.5 Å². The molecule has 0 fully saturated rings. The molecule has 2 aromatic heterocycles. The van der Waals surface area contributed by atoms with E-state index in [0.29, 0.717) is 21.6 Å². The van der Waals surface area contributed by atoms with Gasteiger partial charge in [-0.1, -0.05) is 22.0 Å². The van der Waals surface area contributed by atoms with Gasteiger partial charge in [0, 0.05) is 21.5 Å². The molecule has 0 radical (unpaired) electrons. The number of fused-ring (bicyclic) bond motifs is 1. The zero-order chi connectivity index (χ0) is 21.6. The minimum atomic E-state index is -1.95. The van der Waals surface area contributed by atoms with Crippen molar-refractivity contribution in [1.29, 1.82) is 0 Å². The topological polar surface area (TPSA) is 68.8 Å². The average Bonchev–Trinajstić information content (AvgIpc) is 3.29. The molecule has 0 saturated heterocycles. The summed E-state index contributed by atoms with van der Waals surface area (Å²) in [6, 6.07) is 4.98. The summed E-state index contributed by atoms with van der Waals surface area (Å²) in [4.78, 5) is 3.85. The van der Waals surface area contributed by atoms with Gasteiger partial charge in [0.05, 0.1) is 18.3 Å². The maximum absolute atomic E-state index is 14.9. The number of aryl methyl sites for hydroxylation is 1. The summed E-state index contributed by atoms with van der Waals surface area (Å²) in [5.41, 5.74) is -1.40. The van der Waals surface area contributed by atoms with Crippen molar-refractivity contribution in [3.05, 3.63) is 76.2 Å². The highest BCUT2D eigenvalue weighted by Crippen LogP contribution is 2.39. The van der Waals surface area contributed by atoms with Crippen LogP contribution in [0, 0.1) is 24.4 Å². The van der Waals surface area contributed by atoms with Gasteiger partial charge >= 0.3 is 0 Å². The van der Waals surface area contributed by atoms with Gasteiger partial charge in [-0.2, -0.15) is 10.2 Å². The predicted octanol–water partition coefficient (Wildman–Crippen LogP) is 4.27. The molecule has 0 aliphatic rings. The third kappa shape index (κ3) is 3.39. The molecule has 4 aromatic rings. The second-order valence-electron chi connectivity index (χ2n) is 7.13. The number of rotatable bonds is 5. The van der Waals surface area contributed by atoms with Crippen LogP contribution in [0.1, 0.15) is 24.2 Å². The molecule has 30 heavy (non-hydrogen) atoms. The standard InChI is InChI=1S/C20H17BrF3N5O/c1-11-15-5-13(21)6-18(24)19(15)29(27-11)12(2)20(30,8-28-10-25-9-26-28)16-4-3-14(22)7-17(16)23/h3-7,9-10,12,30H,8H2,1-2H3/t12-,20-/m1/s1. The minimum Gasteiger partial charge on any atom is -0.381 e. The molecule has 0 amide bonds. The van der Waals surface area contributed by atoms with Crippen LogP contribution in [0.5, 0.6) is 0 Å². The zero-order valence-electron chi connectivity index (χ0n) is 16.0. The fourth-order valence-corrected chi connectivity index (χ4v) is 4.10. The van der Waals surface area contributed by atoms with Gasteiger partial charge in [0.25, 0.3) is 0 Å². The highest BCUT2D eigenvalue weighted by molar-refractivity contribution is 9.10.